The van der Waals surface area contributed by atoms with Crippen molar-refractivity contribution in [1.29, 1.82) is 0 Å². The monoisotopic (exact) mass is 267 g/mol. The van der Waals surface area contributed by atoms with E-state index in [9.17, 15) is 4.79 Å². The maximum Gasteiger partial charge on any atom is 0.419 e. The minimum absolute atomic E-state index is 0.243. The largest absolute Gasteiger partial charge is 0.461 e. The first-order chi connectivity index (χ1) is 9.84. The first-order valence-corrected chi connectivity index (χ1v) is 6.27. The number of hydrogen-bond donors (Lipinski definition) is 0. The molecular weight excluding hydrogens is 254 g/mol. The smallest absolute Gasteiger partial charge is 0.419 e. The van der Waals surface area contributed by atoms with Gasteiger partial charge in [0.2, 0.25) is 0 Å². The normalized spacial score (nSPS) is 12.5. The molecule has 1 amide bonds. The number of carbonyl (C=O) groups excluding carboxylic acids is 1. The highest BCUT2D eigenvalue weighted by Gasteiger charge is 2.21. The van der Waals surface area contributed by atoms with Crippen LogP contribution in [0.25, 0.3) is 0 Å². The Balaban J connectivity index is 1.71. The van der Waals surface area contributed by atoms with Crippen molar-refractivity contribution in [3.05, 3.63) is 72.6 Å². The SMILES string of the molecule is O=C(OCc1ccccc1)N1C=COc2ccccc21. The van der Waals surface area contributed by atoms with Crippen molar-refractivity contribution >= 4 is 11.8 Å². The molecular formula is C16H13NO3. The van der Waals surface area contributed by atoms with E-state index in [0.717, 1.165) is 5.56 Å². The van der Waals surface area contributed by atoms with E-state index >= 15 is 0 Å². The number of hydrogen-bond acceptors (Lipinski definition) is 3. The number of benzene rings is 2. The fraction of sp³-hybridized carbons (Fsp3) is 0.0625. The van der Waals surface area contributed by atoms with Crippen molar-refractivity contribution in [3.8, 4) is 5.75 Å². The van der Waals surface area contributed by atoms with Crippen LogP contribution < -0.4 is 9.64 Å². The molecule has 2 aromatic carbocycles. The van der Waals surface area contributed by atoms with Crippen LogP contribution in [0.15, 0.2) is 67.1 Å². The summed E-state index contributed by atoms with van der Waals surface area (Å²) in [7, 11) is 0. The second-order valence-corrected chi connectivity index (χ2v) is 4.28. The summed E-state index contributed by atoms with van der Waals surface area (Å²) in [4.78, 5) is 13.6. The zero-order chi connectivity index (χ0) is 13.8. The van der Waals surface area contributed by atoms with Crippen LogP contribution in [-0.2, 0) is 11.3 Å². The van der Waals surface area contributed by atoms with E-state index in [0.29, 0.717) is 11.4 Å². The zero-order valence-electron chi connectivity index (χ0n) is 10.7. The summed E-state index contributed by atoms with van der Waals surface area (Å²) in [6.07, 6.45) is 2.59. The molecule has 0 aromatic heterocycles. The molecule has 100 valence electrons. The Labute approximate surface area is 116 Å². The van der Waals surface area contributed by atoms with E-state index in [-0.39, 0.29) is 6.61 Å². The number of nitrogens with zero attached hydrogens (tertiary/aromatic N) is 1. The third-order valence-corrected chi connectivity index (χ3v) is 2.93. The van der Waals surface area contributed by atoms with Crippen LogP contribution in [-0.4, -0.2) is 6.09 Å². The van der Waals surface area contributed by atoms with Gasteiger partial charge in [-0.1, -0.05) is 42.5 Å². The maximum atomic E-state index is 12.1. The van der Waals surface area contributed by atoms with Crippen molar-refractivity contribution in [3.63, 3.8) is 0 Å². The van der Waals surface area contributed by atoms with Crippen LogP contribution in [0.4, 0.5) is 10.5 Å². The molecule has 0 bridgehead atoms. The molecule has 0 spiro atoms. The molecule has 0 saturated carbocycles. The van der Waals surface area contributed by atoms with Gasteiger partial charge in [-0.15, -0.1) is 0 Å². The van der Waals surface area contributed by atoms with Crippen molar-refractivity contribution in [2.45, 2.75) is 6.61 Å². The Morgan fingerprint density at radius 2 is 1.80 bits per heavy atom. The lowest BCUT2D eigenvalue weighted by Crippen LogP contribution is -2.28. The van der Waals surface area contributed by atoms with Gasteiger partial charge in [-0.3, -0.25) is 0 Å². The summed E-state index contributed by atoms with van der Waals surface area (Å²) in [6, 6.07) is 16.9. The van der Waals surface area contributed by atoms with Crippen LogP contribution in [0.1, 0.15) is 5.56 Å². The quantitative estimate of drug-likeness (QED) is 0.832. The summed E-state index contributed by atoms with van der Waals surface area (Å²) in [5, 5.41) is 0. The zero-order valence-corrected chi connectivity index (χ0v) is 10.7. The maximum absolute atomic E-state index is 12.1. The molecule has 20 heavy (non-hydrogen) atoms. The van der Waals surface area contributed by atoms with E-state index in [1.54, 1.807) is 12.3 Å². The minimum atomic E-state index is -0.430. The molecule has 0 atom stereocenters. The van der Waals surface area contributed by atoms with E-state index in [2.05, 4.69) is 0 Å². The number of rotatable bonds is 2. The van der Waals surface area contributed by atoms with Crippen LogP contribution in [0, 0.1) is 0 Å². The molecule has 1 heterocycles. The minimum Gasteiger partial charge on any atom is -0.461 e. The number of amides is 1. The lowest BCUT2D eigenvalue weighted by molar-refractivity contribution is 0.149. The van der Waals surface area contributed by atoms with Gasteiger partial charge < -0.3 is 9.47 Å². The summed E-state index contributed by atoms with van der Waals surface area (Å²) in [6.45, 7) is 0.243. The Bertz CT molecular complexity index is 637. The average molecular weight is 267 g/mol. The molecule has 1 aliphatic rings. The van der Waals surface area contributed by atoms with Crippen molar-refractivity contribution in [1.82, 2.24) is 0 Å². The summed E-state index contributed by atoms with van der Waals surface area (Å²) < 4.78 is 10.6. The fourth-order valence-corrected chi connectivity index (χ4v) is 1.95. The molecule has 0 aliphatic carbocycles. The second kappa shape index (κ2) is 5.48. The van der Waals surface area contributed by atoms with Gasteiger partial charge >= 0.3 is 6.09 Å². The summed E-state index contributed by atoms with van der Waals surface area (Å²) in [5.74, 6) is 0.631. The molecule has 0 saturated heterocycles. The van der Waals surface area contributed by atoms with E-state index in [1.165, 1.54) is 11.2 Å². The van der Waals surface area contributed by atoms with Crippen LogP contribution in [0.2, 0.25) is 0 Å². The van der Waals surface area contributed by atoms with Gasteiger partial charge in [0.1, 0.15) is 12.9 Å². The van der Waals surface area contributed by atoms with E-state index in [1.807, 2.05) is 48.5 Å². The Hall–Kier alpha value is -2.75. The molecule has 0 radical (unpaired) electrons. The van der Waals surface area contributed by atoms with Crippen LogP contribution in [0.3, 0.4) is 0 Å². The third kappa shape index (κ3) is 2.49. The van der Waals surface area contributed by atoms with Crippen LogP contribution in [0.5, 0.6) is 5.75 Å². The average Bonchev–Trinajstić information content (AvgIpc) is 2.53. The molecule has 1 aliphatic heterocycles. The Kier molecular flexibility index (Phi) is 3.37. The summed E-state index contributed by atoms with van der Waals surface area (Å²) in [5.41, 5.74) is 1.62. The Morgan fingerprint density at radius 3 is 2.65 bits per heavy atom. The van der Waals surface area contributed by atoms with Crippen molar-refractivity contribution in [2.24, 2.45) is 0 Å². The lowest BCUT2D eigenvalue weighted by atomic mass is 10.2. The standard InChI is InChI=1S/C16H13NO3/c18-16(20-12-13-6-2-1-3-7-13)17-10-11-19-15-9-5-4-8-14(15)17/h1-11H,12H2. The highest BCUT2D eigenvalue weighted by molar-refractivity contribution is 5.92. The van der Waals surface area contributed by atoms with E-state index < -0.39 is 6.09 Å². The first kappa shape index (κ1) is 12.3. The van der Waals surface area contributed by atoms with Crippen molar-refractivity contribution in [2.75, 3.05) is 4.90 Å². The lowest BCUT2D eigenvalue weighted by Gasteiger charge is -2.23. The third-order valence-electron chi connectivity index (χ3n) is 2.93. The van der Waals surface area contributed by atoms with Gasteiger partial charge in [0, 0.05) is 0 Å². The highest BCUT2D eigenvalue weighted by atomic mass is 16.6. The predicted octanol–water partition coefficient (Wildman–Crippen LogP) is 3.69. The molecule has 2 aromatic rings. The van der Waals surface area contributed by atoms with Gasteiger partial charge in [-0.25, -0.2) is 9.69 Å². The molecule has 3 rings (SSSR count). The van der Waals surface area contributed by atoms with Gasteiger partial charge in [0.25, 0.3) is 0 Å². The van der Waals surface area contributed by atoms with Crippen molar-refractivity contribution < 1.29 is 14.3 Å². The van der Waals surface area contributed by atoms with Gasteiger partial charge in [0.05, 0.1) is 11.9 Å². The van der Waals surface area contributed by atoms with Gasteiger partial charge in [0.15, 0.2) is 5.75 Å². The highest BCUT2D eigenvalue weighted by Crippen LogP contribution is 2.31. The number of fused-ring (bicyclic) bond motifs is 1. The topological polar surface area (TPSA) is 38.8 Å². The molecule has 0 N–H and O–H groups in total. The summed E-state index contributed by atoms with van der Waals surface area (Å²) >= 11 is 0. The molecule has 4 heteroatoms. The Morgan fingerprint density at radius 1 is 1.05 bits per heavy atom. The molecule has 0 unspecified atom stereocenters. The number of anilines is 1. The number of ether oxygens (including phenoxy) is 2. The van der Waals surface area contributed by atoms with Crippen LogP contribution >= 0.6 is 0 Å². The molecule has 0 fully saturated rings. The number of carbonyl (C=O) groups is 1. The predicted molar refractivity (Wildman–Crippen MR) is 75.3 cm³/mol. The second-order valence-electron chi connectivity index (χ2n) is 4.28. The number of para-hydroxylation sites is 2. The van der Waals surface area contributed by atoms with E-state index in [4.69, 9.17) is 9.47 Å². The fourth-order valence-electron chi connectivity index (χ4n) is 1.95. The van der Waals surface area contributed by atoms with Gasteiger partial charge in [-0.2, -0.15) is 0 Å². The van der Waals surface area contributed by atoms with Gasteiger partial charge in [-0.05, 0) is 17.7 Å². The first-order valence-electron chi connectivity index (χ1n) is 6.27. The molecule has 4 nitrogen and oxygen atoms in total.